The summed E-state index contributed by atoms with van der Waals surface area (Å²) in [5.74, 6) is 0.427. The average Bonchev–Trinajstić information content (AvgIpc) is 2.89. The smallest absolute Gasteiger partial charge is 0.247 e. The molecule has 2 heterocycles. The Morgan fingerprint density at radius 1 is 1.25 bits per heavy atom. The predicted molar refractivity (Wildman–Crippen MR) is 70.3 cm³/mol. The second-order valence-corrected chi connectivity index (χ2v) is 5.21. The Hall–Kier alpha value is -1.79. The topological polar surface area (TPSA) is 74.2 Å². The van der Waals surface area contributed by atoms with Crippen LogP contribution in [0.25, 0.3) is 11.4 Å². The standard InChI is InChI=1S/C14H16FN3O2/c1-9-6-10(8-11(15)7-9)12-17-13(20-18-12)14(16)2-4-19-5-3-14/h6-8H,2-5,16H2,1H3. The van der Waals surface area contributed by atoms with Gasteiger partial charge in [0.25, 0.3) is 0 Å². The van der Waals surface area contributed by atoms with Crippen LogP contribution in [0.4, 0.5) is 4.39 Å². The molecular weight excluding hydrogens is 261 g/mol. The fourth-order valence-corrected chi connectivity index (χ4v) is 2.36. The number of aryl methyl sites for hydroxylation is 1. The van der Waals surface area contributed by atoms with E-state index in [1.165, 1.54) is 12.1 Å². The van der Waals surface area contributed by atoms with Crippen molar-refractivity contribution in [2.24, 2.45) is 5.73 Å². The van der Waals surface area contributed by atoms with E-state index in [1.54, 1.807) is 0 Å². The van der Waals surface area contributed by atoms with Crippen LogP contribution in [0.2, 0.25) is 0 Å². The SMILES string of the molecule is Cc1cc(F)cc(-c2noc(C3(N)CCOCC3)n2)c1. The predicted octanol–water partition coefficient (Wildman–Crippen LogP) is 2.15. The van der Waals surface area contributed by atoms with Gasteiger partial charge in [-0.1, -0.05) is 5.16 Å². The van der Waals surface area contributed by atoms with E-state index < -0.39 is 5.54 Å². The molecular formula is C14H16FN3O2. The third kappa shape index (κ3) is 2.44. The van der Waals surface area contributed by atoms with E-state index >= 15 is 0 Å². The number of nitrogens with two attached hydrogens (primary N) is 1. The molecule has 1 fully saturated rings. The van der Waals surface area contributed by atoms with Crippen LogP contribution < -0.4 is 5.73 Å². The summed E-state index contributed by atoms with van der Waals surface area (Å²) in [4.78, 5) is 4.33. The monoisotopic (exact) mass is 277 g/mol. The highest BCUT2D eigenvalue weighted by Gasteiger charge is 2.35. The van der Waals surface area contributed by atoms with Crippen molar-refractivity contribution in [3.8, 4) is 11.4 Å². The second kappa shape index (κ2) is 4.96. The van der Waals surface area contributed by atoms with Crippen LogP contribution in [0.15, 0.2) is 22.7 Å². The van der Waals surface area contributed by atoms with Crippen LogP contribution >= 0.6 is 0 Å². The summed E-state index contributed by atoms with van der Waals surface area (Å²) in [5.41, 5.74) is 7.03. The number of ether oxygens (including phenoxy) is 1. The molecule has 5 nitrogen and oxygen atoms in total. The molecule has 0 saturated carbocycles. The lowest BCUT2D eigenvalue weighted by Crippen LogP contribution is -2.42. The Morgan fingerprint density at radius 2 is 2.00 bits per heavy atom. The van der Waals surface area contributed by atoms with E-state index in [0.29, 0.717) is 43.3 Å². The summed E-state index contributed by atoms with van der Waals surface area (Å²) in [6, 6.07) is 4.65. The van der Waals surface area contributed by atoms with Crippen LogP contribution in [0.3, 0.4) is 0 Å². The first kappa shape index (κ1) is 13.2. The van der Waals surface area contributed by atoms with Gasteiger partial charge in [0.1, 0.15) is 11.4 Å². The zero-order valence-electron chi connectivity index (χ0n) is 11.2. The molecule has 1 aliphatic heterocycles. The fraction of sp³-hybridized carbons (Fsp3) is 0.429. The number of nitrogens with zero attached hydrogens (tertiary/aromatic N) is 2. The summed E-state index contributed by atoms with van der Waals surface area (Å²) in [6.45, 7) is 2.97. The molecule has 106 valence electrons. The average molecular weight is 277 g/mol. The first-order valence-corrected chi connectivity index (χ1v) is 6.55. The molecule has 20 heavy (non-hydrogen) atoms. The summed E-state index contributed by atoms with van der Waals surface area (Å²) < 4.78 is 24.0. The molecule has 0 radical (unpaired) electrons. The van der Waals surface area contributed by atoms with Gasteiger partial charge >= 0.3 is 0 Å². The molecule has 0 bridgehead atoms. The van der Waals surface area contributed by atoms with Gasteiger partial charge in [-0.3, -0.25) is 0 Å². The number of benzene rings is 1. The van der Waals surface area contributed by atoms with Crippen molar-refractivity contribution in [1.82, 2.24) is 10.1 Å². The summed E-state index contributed by atoms with van der Waals surface area (Å²) in [7, 11) is 0. The van der Waals surface area contributed by atoms with Crippen LogP contribution in [0.1, 0.15) is 24.3 Å². The zero-order valence-corrected chi connectivity index (χ0v) is 11.2. The molecule has 0 atom stereocenters. The Balaban J connectivity index is 1.93. The van der Waals surface area contributed by atoms with Gasteiger partial charge in [-0.05, 0) is 43.5 Å². The summed E-state index contributed by atoms with van der Waals surface area (Å²) in [5, 5.41) is 3.92. The lowest BCUT2D eigenvalue weighted by Gasteiger charge is -2.29. The molecule has 6 heteroatoms. The Labute approximate surface area is 115 Å². The van der Waals surface area contributed by atoms with Gasteiger partial charge in [-0.2, -0.15) is 4.98 Å². The Morgan fingerprint density at radius 3 is 2.70 bits per heavy atom. The highest BCUT2D eigenvalue weighted by Crippen LogP contribution is 2.29. The maximum Gasteiger partial charge on any atom is 0.247 e. The van der Waals surface area contributed by atoms with E-state index in [0.717, 1.165) is 5.56 Å². The minimum Gasteiger partial charge on any atom is -0.381 e. The van der Waals surface area contributed by atoms with Gasteiger partial charge in [0.15, 0.2) is 0 Å². The molecule has 1 aromatic carbocycles. The molecule has 2 aromatic rings. The maximum atomic E-state index is 13.4. The van der Waals surface area contributed by atoms with Crippen molar-refractivity contribution in [3.63, 3.8) is 0 Å². The van der Waals surface area contributed by atoms with Crippen molar-refractivity contribution in [1.29, 1.82) is 0 Å². The third-order valence-corrected chi connectivity index (χ3v) is 3.54. The molecule has 0 spiro atoms. The normalized spacial score (nSPS) is 18.1. The zero-order chi connectivity index (χ0) is 14.2. The number of halogens is 1. The third-order valence-electron chi connectivity index (χ3n) is 3.54. The molecule has 0 aliphatic carbocycles. The Bertz CT molecular complexity index is 600. The Kier molecular flexibility index (Phi) is 3.27. The van der Waals surface area contributed by atoms with E-state index in [4.69, 9.17) is 15.0 Å². The van der Waals surface area contributed by atoms with Crippen molar-refractivity contribution >= 4 is 0 Å². The second-order valence-electron chi connectivity index (χ2n) is 5.21. The molecule has 1 aromatic heterocycles. The lowest BCUT2D eigenvalue weighted by molar-refractivity contribution is 0.0400. The van der Waals surface area contributed by atoms with E-state index in [9.17, 15) is 4.39 Å². The molecule has 0 amide bonds. The van der Waals surface area contributed by atoms with E-state index in [-0.39, 0.29) is 5.82 Å². The van der Waals surface area contributed by atoms with Crippen LogP contribution in [0, 0.1) is 12.7 Å². The largest absolute Gasteiger partial charge is 0.381 e. The molecule has 0 unspecified atom stereocenters. The first-order valence-electron chi connectivity index (χ1n) is 6.55. The highest BCUT2D eigenvalue weighted by atomic mass is 19.1. The van der Waals surface area contributed by atoms with Crippen LogP contribution in [0.5, 0.6) is 0 Å². The molecule has 1 saturated heterocycles. The van der Waals surface area contributed by atoms with Crippen LogP contribution in [-0.4, -0.2) is 23.4 Å². The minimum atomic E-state index is -0.647. The fourth-order valence-electron chi connectivity index (χ4n) is 2.36. The van der Waals surface area contributed by atoms with Gasteiger partial charge in [-0.15, -0.1) is 0 Å². The van der Waals surface area contributed by atoms with Crippen molar-refractivity contribution in [2.45, 2.75) is 25.3 Å². The summed E-state index contributed by atoms with van der Waals surface area (Å²) in [6.07, 6.45) is 1.27. The summed E-state index contributed by atoms with van der Waals surface area (Å²) >= 11 is 0. The van der Waals surface area contributed by atoms with Crippen LogP contribution in [-0.2, 0) is 10.3 Å². The van der Waals surface area contributed by atoms with Gasteiger partial charge in [0, 0.05) is 18.8 Å². The number of hydrogen-bond acceptors (Lipinski definition) is 5. The molecule has 2 N–H and O–H groups in total. The van der Waals surface area contributed by atoms with Gasteiger partial charge in [-0.25, -0.2) is 4.39 Å². The molecule has 3 rings (SSSR count). The minimum absolute atomic E-state index is 0.320. The van der Waals surface area contributed by atoms with Gasteiger partial charge < -0.3 is 15.0 Å². The number of aromatic nitrogens is 2. The van der Waals surface area contributed by atoms with E-state index in [2.05, 4.69) is 10.1 Å². The molecule has 1 aliphatic rings. The van der Waals surface area contributed by atoms with Gasteiger partial charge in [0.2, 0.25) is 11.7 Å². The lowest BCUT2D eigenvalue weighted by atomic mass is 9.91. The highest BCUT2D eigenvalue weighted by molar-refractivity contribution is 5.55. The number of hydrogen-bond donors (Lipinski definition) is 1. The van der Waals surface area contributed by atoms with Crippen molar-refractivity contribution in [2.75, 3.05) is 13.2 Å². The first-order chi connectivity index (χ1) is 9.57. The maximum absolute atomic E-state index is 13.4. The van der Waals surface area contributed by atoms with Gasteiger partial charge in [0.05, 0.1) is 0 Å². The van der Waals surface area contributed by atoms with Crippen molar-refractivity contribution in [3.05, 3.63) is 35.5 Å². The van der Waals surface area contributed by atoms with E-state index in [1.807, 2.05) is 13.0 Å². The number of rotatable bonds is 2. The quantitative estimate of drug-likeness (QED) is 0.910. The van der Waals surface area contributed by atoms with Crippen molar-refractivity contribution < 1.29 is 13.7 Å².